The fourth-order valence-corrected chi connectivity index (χ4v) is 2.66. The van der Waals surface area contributed by atoms with Crippen LogP contribution in [0.1, 0.15) is 5.56 Å². The van der Waals surface area contributed by atoms with Gasteiger partial charge in [-0.2, -0.15) is 5.26 Å². The van der Waals surface area contributed by atoms with Crippen LogP contribution in [0.15, 0.2) is 37.7 Å². The Morgan fingerprint density at radius 3 is 2.38 bits per heavy atom. The van der Waals surface area contributed by atoms with Crippen molar-refractivity contribution in [1.29, 1.82) is 5.26 Å². The van der Waals surface area contributed by atoms with Crippen LogP contribution in [0, 0.1) is 23.0 Å². The van der Waals surface area contributed by atoms with E-state index in [1.54, 1.807) is 6.07 Å². The Labute approximate surface area is 122 Å². The van der Waals surface area contributed by atoms with Gasteiger partial charge < -0.3 is 0 Å². The lowest BCUT2D eigenvalue weighted by Gasteiger charge is -2.11. The van der Waals surface area contributed by atoms with Gasteiger partial charge in [0.25, 0.3) is 5.56 Å². The van der Waals surface area contributed by atoms with Gasteiger partial charge in [0.2, 0.25) is 0 Å². The molecule has 2 rings (SSSR count). The number of benzene rings is 1. The van der Waals surface area contributed by atoms with Crippen LogP contribution >= 0.6 is 11.8 Å². The summed E-state index contributed by atoms with van der Waals surface area (Å²) in [6, 6.07) is 4.90. The first-order chi connectivity index (χ1) is 9.86. The van der Waals surface area contributed by atoms with Gasteiger partial charge >= 0.3 is 5.69 Å². The van der Waals surface area contributed by atoms with Gasteiger partial charge in [-0.05, 0) is 18.2 Å². The largest absolute Gasteiger partial charge is 0.331 e. The highest BCUT2D eigenvalue weighted by molar-refractivity contribution is 7.99. The van der Waals surface area contributed by atoms with Crippen LogP contribution in [0.3, 0.4) is 0 Å². The van der Waals surface area contributed by atoms with E-state index in [2.05, 4.69) is 0 Å². The predicted octanol–water partition coefficient (Wildman–Crippen LogP) is 1.39. The lowest BCUT2D eigenvalue weighted by atomic mass is 10.3. The summed E-state index contributed by atoms with van der Waals surface area (Å²) < 4.78 is 28.0. The highest BCUT2D eigenvalue weighted by Crippen LogP contribution is 2.28. The molecule has 0 unspecified atom stereocenters. The molecule has 8 heteroatoms. The highest BCUT2D eigenvalue weighted by atomic mass is 32.2. The van der Waals surface area contributed by atoms with E-state index in [4.69, 9.17) is 5.26 Å². The van der Waals surface area contributed by atoms with Gasteiger partial charge in [-0.1, -0.05) is 11.8 Å². The first-order valence-corrected chi connectivity index (χ1v) is 6.51. The smallest absolute Gasteiger partial charge is 0.290 e. The molecule has 0 aliphatic carbocycles. The van der Waals surface area contributed by atoms with Crippen molar-refractivity contribution in [2.45, 2.75) is 9.92 Å². The minimum Gasteiger partial charge on any atom is -0.290 e. The van der Waals surface area contributed by atoms with E-state index in [0.717, 1.165) is 33.0 Å². The molecular formula is C13H9F2N3O2S. The third-order valence-corrected chi connectivity index (χ3v) is 3.99. The quantitative estimate of drug-likeness (QED) is 0.786. The maximum Gasteiger partial charge on any atom is 0.331 e. The van der Waals surface area contributed by atoms with Crippen LogP contribution in [-0.2, 0) is 14.1 Å². The first kappa shape index (κ1) is 15.0. The van der Waals surface area contributed by atoms with Gasteiger partial charge in [0.1, 0.15) is 16.7 Å². The van der Waals surface area contributed by atoms with Crippen molar-refractivity contribution in [3.8, 4) is 6.07 Å². The van der Waals surface area contributed by atoms with Gasteiger partial charge in [0.15, 0.2) is 11.6 Å². The molecule has 108 valence electrons. The lowest BCUT2D eigenvalue weighted by molar-refractivity contribution is 0.506. The highest BCUT2D eigenvalue weighted by Gasteiger charge is 2.17. The summed E-state index contributed by atoms with van der Waals surface area (Å²) in [5, 5.41) is 9.17. The van der Waals surface area contributed by atoms with E-state index >= 15 is 0 Å². The third kappa shape index (κ3) is 2.60. The van der Waals surface area contributed by atoms with Crippen molar-refractivity contribution in [1.82, 2.24) is 9.13 Å². The Morgan fingerprint density at radius 1 is 1.14 bits per heavy atom. The molecule has 0 bridgehead atoms. The number of hydrogen-bond donors (Lipinski definition) is 0. The summed E-state index contributed by atoms with van der Waals surface area (Å²) in [4.78, 5) is 24.0. The van der Waals surface area contributed by atoms with Gasteiger partial charge in [-0.15, -0.1) is 0 Å². The zero-order valence-corrected chi connectivity index (χ0v) is 11.9. The summed E-state index contributed by atoms with van der Waals surface area (Å²) in [5.74, 6) is -2.05. The van der Waals surface area contributed by atoms with E-state index < -0.39 is 22.9 Å². The van der Waals surface area contributed by atoms with Crippen LogP contribution < -0.4 is 11.2 Å². The molecule has 21 heavy (non-hydrogen) atoms. The van der Waals surface area contributed by atoms with E-state index in [1.165, 1.54) is 20.2 Å². The molecule has 0 saturated heterocycles. The van der Waals surface area contributed by atoms with Gasteiger partial charge in [-0.25, -0.2) is 13.6 Å². The van der Waals surface area contributed by atoms with Crippen LogP contribution in [-0.4, -0.2) is 9.13 Å². The van der Waals surface area contributed by atoms with Crippen molar-refractivity contribution in [2.75, 3.05) is 0 Å². The molecule has 1 aromatic carbocycles. The zero-order chi connectivity index (χ0) is 15.7. The molecule has 0 saturated carbocycles. The second-order valence-corrected chi connectivity index (χ2v) is 5.24. The Hall–Kier alpha value is -2.40. The van der Waals surface area contributed by atoms with Crippen LogP contribution in [0.4, 0.5) is 8.78 Å². The molecule has 0 atom stereocenters. The standard InChI is InChI=1S/C13H9F2N3O2S/c1-17-11(19)8(6-16)12(18(2)13(17)20)21-7-3-4-9(14)10(15)5-7/h3-5H,1-2H3. The van der Waals surface area contributed by atoms with Gasteiger partial charge in [0.05, 0.1) is 0 Å². The molecule has 5 nitrogen and oxygen atoms in total. The zero-order valence-electron chi connectivity index (χ0n) is 11.1. The molecule has 0 N–H and O–H groups in total. The summed E-state index contributed by atoms with van der Waals surface area (Å²) in [6.45, 7) is 0. The fourth-order valence-electron chi connectivity index (χ4n) is 1.69. The Bertz CT molecular complexity index is 881. The molecule has 0 radical (unpaired) electrons. The molecule has 0 fully saturated rings. The Kier molecular flexibility index (Phi) is 3.95. The number of halogens is 2. The molecule has 0 spiro atoms. The molecule has 0 aliphatic heterocycles. The first-order valence-electron chi connectivity index (χ1n) is 5.69. The van der Waals surface area contributed by atoms with Gasteiger partial charge in [0, 0.05) is 19.0 Å². The second kappa shape index (κ2) is 5.54. The summed E-state index contributed by atoms with van der Waals surface area (Å²) in [5.41, 5.74) is -1.57. The van der Waals surface area contributed by atoms with Gasteiger partial charge in [-0.3, -0.25) is 13.9 Å². The van der Waals surface area contributed by atoms with Crippen molar-refractivity contribution in [3.05, 3.63) is 56.2 Å². The van der Waals surface area contributed by atoms with E-state index in [1.807, 2.05) is 0 Å². The maximum atomic E-state index is 13.2. The number of rotatable bonds is 2. The van der Waals surface area contributed by atoms with Crippen molar-refractivity contribution < 1.29 is 8.78 Å². The van der Waals surface area contributed by atoms with Crippen molar-refractivity contribution >= 4 is 11.8 Å². The molecule has 1 heterocycles. The maximum absolute atomic E-state index is 13.2. The lowest BCUT2D eigenvalue weighted by Crippen LogP contribution is -2.39. The summed E-state index contributed by atoms with van der Waals surface area (Å²) in [6.07, 6.45) is 0. The molecule has 1 aromatic heterocycles. The number of nitriles is 1. The third-order valence-electron chi connectivity index (χ3n) is 2.83. The van der Waals surface area contributed by atoms with E-state index in [-0.39, 0.29) is 15.5 Å². The fraction of sp³-hybridized carbons (Fsp3) is 0.154. The normalized spacial score (nSPS) is 10.4. The average molecular weight is 309 g/mol. The Morgan fingerprint density at radius 2 is 1.81 bits per heavy atom. The topological polar surface area (TPSA) is 67.8 Å². The summed E-state index contributed by atoms with van der Waals surface area (Å²) >= 11 is 0.846. The number of nitrogens with zero attached hydrogens (tertiary/aromatic N) is 3. The monoisotopic (exact) mass is 309 g/mol. The minimum absolute atomic E-state index is 0.0802. The molecule has 0 aliphatic rings. The van der Waals surface area contributed by atoms with Crippen LogP contribution in [0.25, 0.3) is 0 Å². The molecular weight excluding hydrogens is 300 g/mol. The van der Waals surface area contributed by atoms with E-state index in [9.17, 15) is 18.4 Å². The van der Waals surface area contributed by atoms with Crippen LogP contribution in [0.2, 0.25) is 0 Å². The number of hydrogen-bond acceptors (Lipinski definition) is 4. The SMILES string of the molecule is Cn1c(Sc2ccc(F)c(F)c2)c(C#N)c(=O)n(C)c1=O. The van der Waals surface area contributed by atoms with Crippen LogP contribution in [0.5, 0.6) is 0 Å². The molecule has 0 amide bonds. The average Bonchev–Trinajstić information content (AvgIpc) is 2.46. The minimum atomic E-state index is -1.05. The van der Waals surface area contributed by atoms with Crippen molar-refractivity contribution in [3.63, 3.8) is 0 Å². The second-order valence-electron chi connectivity index (χ2n) is 4.18. The van der Waals surface area contributed by atoms with Crippen molar-refractivity contribution in [2.24, 2.45) is 14.1 Å². The summed E-state index contributed by atoms with van der Waals surface area (Å²) in [7, 11) is 2.66. The predicted molar refractivity (Wildman–Crippen MR) is 72.1 cm³/mol. The van der Waals surface area contributed by atoms with E-state index in [0.29, 0.717) is 0 Å². The number of aromatic nitrogens is 2. The molecule has 2 aromatic rings. The Balaban J connectivity index is 2.65.